The van der Waals surface area contributed by atoms with E-state index in [2.05, 4.69) is 20.2 Å². The fourth-order valence-corrected chi connectivity index (χ4v) is 3.50. The first kappa shape index (κ1) is 18.1. The lowest BCUT2D eigenvalue weighted by molar-refractivity contribution is 0.0754. The molecule has 1 atom stereocenters. The largest absolute Gasteiger partial charge is 0.329 e. The number of aromatic amines is 1. The van der Waals surface area contributed by atoms with Crippen molar-refractivity contribution < 1.29 is 4.79 Å². The molecule has 28 heavy (non-hydrogen) atoms. The third-order valence-electron chi connectivity index (χ3n) is 4.68. The van der Waals surface area contributed by atoms with Gasteiger partial charge in [0.2, 0.25) is 0 Å². The van der Waals surface area contributed by atoms with Gasteiger partial charge in [-0.1, -0.05) is 23.7 Å². The maximum absolute atomic E-state index is 13.5. The smallest absolute Gasteiger partial charge is 0.256 e. The highest BCUT2D eigenvalue weighted by atomic mass is 35.5. The zero-order valence-electron chi connectivity index (χ0n) is 15.4. The highest BCUT2D eigenvalue weighted by Crippen LogP contribution is 2.29. The van der Waals surface area contributed by atoms with Crippen molar-refractivity contribution in [2.24, 2.45) is 0 Å². The summed E-state index contributed by atoms with van der Waals surface area (Å²) in [5.41, 5.74) is 3.85. The van der Waals surface area contributed by atoms with Crippen LogP contribution in [-0.4, -0.2) is 38.0 Å². The molecule has 7 heteroatoms. The van der Waals surface area contributed by atoms with E-state index >= 15 is 0 Å². The minimum Gasteiger partial charge on any atom is -0.329 e. The molecule has 2 heterocycles. The van der Waals surface area contributed by atoms with Gasteiger partial charge in [0.1, 0.15) is 6.04 Å². The van der Waals surface area contributed by atoms with E-state index in [9.17, 15) is 4.79 Å². The van der Waals surface area contributed by atoms with E-state index in [1.807, 2.05) is 31.2 Å². The number of hydrogen-bond donors (Lipinski definition) is 1. The van der Waals surface area contributed by atoms with Gasteiger partial charge in [-0.3, -0.25) is 19.9 Å². The maximum Gasteiger partial charge on any atom is 0.256 e. The summed E-state index contributed by atoms with van der Waals surface area (Å²) in [7, 11) is 1.76. The molecule has 0 saturated heterocycles. The molecule has 0 fully saturated rings. The number of halogens is 1. The first-order chi connectivity index (χ1) is 13.5. The maximum atomic E-state index is 13.5. The molecular formula is C21H18ClN5O. The summed E-state index contributed by atoms with van der Waals surface area (Å²) in [6, 6.07) is 10.9. The van der Waals surface area contributed by atoms with Crippen LogP contribution in [0, 0.1) is 6.92 Å². The molecule has 1 unspecified atom stereocenters. The number of aryl methyl sites for hydroxylation is 1. The molecule has 2 aromatic heterocycles. The molecule has 0 aliphatic heterocycles. The number of carbonyl (C=O) groups excluding carboxylic acids is 1. The van der Waals surface area contributed by atoms with Gasteiger partial charge in [0.05, 0.1) is 29.2 Å². The number of hydrogen-bond acceptors (Lipinski definition) is 4. The highest BCUT2D eigenvalue weighted by Gasteiger charge is 2.27. The van der Waals surface area contributed by atoms with E-state index in [4.69, 9.17) is 11.6 Å². The van der Waals surface area contributed by atoms with Crippen LogP contribution in [0.1, 0.15) is 33.2 Å². The number of H-pyrrole nitrogens is 1. The van der Waals surface area contributed by atoms with Crippen LogP contribution in [-0.2, 0) is 0 Å². The van der Waals surface area contributed by atoms with E-state index < -0.39 is 6.04 Å². The van der Waals surface area contributed by atoms with Crippen molar-refractivity contribution in [2.45, 2.75) is 13.0 Å². The number of nitrogens with zero attached hydrogens (tertiary/aromatic N) is 4. The Hall–Kier alpha value is -3.25. The molecule has 6 nitrogen and oxygen atoms in total. The normalized spacial score (nSPS) is 12.1. The predicted molar refractivity (Wildman–Crippen MR) is 108 cm³/mol. The van der Waals surface area contributed by atoms with Gasteiger partial charge in [-0.05, 0) is 42.3 Å². The summed E-state index contributed by atoms with van der Waals surface area (Å²) in [6.07, 6.45) is 6.62. The lowest BCUT2D eigenvalue weighted by Gasteiger charge is -2.28. The van der Waals surface area contributed by atoms with Gasteiger partial charge in [-0.2, -0.15) is 5.10 Å². The Balaban J connectivity index is 1.80. The third-order valence-corrected chi connectivity index (χ3v) is 4.93. The van der Waals surface area contributed by atoms with Gasteiger partial charge in [0.25, 0.3) is 5.91 Å². The Morgan fingerprint density at radius 1 is 1.14 bits per heavy atom. The fourth-order valence-electron chi connectivity index (χ4n) is 3.37. The van der Waals surface area contributed by atoms with Crippen LogP contribution >= 0.6 is 11.6 Å². The van der Waals surface area contributed by atoms with Gasteiger partial charge in [-0.15, -0.1) is 0 Å². The fraction of sp³-hybridized carbons (Fsp3) is 0.143. The molecule has 0 radical (unpaired) electrons. The minimum absolute atomic E-state index is 0.136. The van der Waals surface area contributed by atoms with Crippen LogP contribution in [0.4, 0.5) is 0 Å². The molecule has 140 valence electrons. The van der Waals surface area contributed by atoms with Crippen molar-refractivity contribution in [1.29, 1.82) is 0 Å². The first-order valence-corrected chi connectivity index (χ1v) is 9.14. The van der Waals surface area contributed by atoms with Gasteiger partial charge in [0, 0.05) is 29.9 Å². The van der Waals surface area contributed by atoms with Crippen LogP contribution in [0.15, 0.2) is 61.2 Å². The zero-order chi connectivity index (χ0) is 19.7. The monoisotopic (exact) mass is 391 g/mol. The SMILES string of the molecule is Cc1cc(C(=O)N(C)C(c2ccc(Cl)cc2)c2cnccn2)c2[nH]ncc2c1. The molecule has 0 bridgehead atoms. The molecule has 1 N–H and O–H groups in total. The minimum atomic E-state index is -0.406. The summed E-state index contributed by atoms with van der Waals surface area (Å²) in [6.45, 7) is 1.96. The second kappa shape index (κ2) is 7.40. The molecular weight excluding hydrogens is 374 g/mol. The molecule has 1 amide bonds. The van der Waals surface area contributed by atoms with Crippen molar-refractivity contribution >= 4 is 28.4 Å². The lowest BCUT2D eigenvalue weighted by atomic mass is 10.0. The predicted octanol–water partition coefficient (Wildman–Crippen LogP) is 4.18. The average Bonchev–Trinajstić information content (AvgIpc) is 3.17. The van der Waals surface area contributed by atoms with Gasteiger partial charge >= 0.3 is 0 Å². The van der Waals surface area contributed by atoms with Gasteiger partial charge < -0.3 is 4.90 Å². The van der Waals surface area contributed by atoms with E-state index in [0.29, 0.717) is 16.3 Å². The summed E-state index contributed by atoms with van der Waals surface area (Å²) in [4.78, 5) is 23.7. The molecule has 0 saturated carbocycles. The van der Waals surface area contributed by atoms with Crippen LogP contribution in [0.2, 0.25) is 5.02 Å². The first-order valence-electron chi connectivity index (χ1n) is 8.77. The second-order valence-electron chi connectivity index (χ2n) is 6.65. The lowest BCUT2D eigenvalue weighted by Crippen LogP contribution is -2.32. The zero-order valence-corrected chi connectivity index (χ0v) is 16.2. The number of nitrogens with one attached hydrogen (secondary N) is 1. The molecule has 0 spiro atoms. The third kappa shape index (κ3) is 3.34. The quantitative estimate of drug-likeness (QED) is 0.566. The molecule has 0 aliphatic carbocycles. The summed E-state index contributed by atoms with van der Waals surface area (Å²) in [5.74, 6) is -0.136. The van der Waals surface area contributed by atoms with E-state index in [1.54, 1.807) is 48.9 Å². The number of carbonyl (C=O) groups is 1. The Kier molecular flexibility index (Phi) is 4.79. The van der Waals surface area contributed by atoms with Crippen molar-refractivity contribution in [3.63, 3.8) is 0 Å². The topological polar surface area (TPSA) is 74.8 Å². The Bertz CT molecular complexity index is 1120. The van der Waals surface area contributed by atoms with Crippen LogP contribution in [0.3, 0.4) is 0 Å². The Morgan fingerprint density at radius 2 is 1.93 bits per heavy atom. The Labute approximate surface area is 167 Å². The molecule has 0 aliphatic rings. The van der Waals surface area contributed by atoms with Crippen LogP contribution in [0.25, 0.3) is 10.9 Å². The summed E-state index contributed by atoms with van der Waals surface area (Å²) < 4.78 is 0. The molecule has 4 rings (SSSR count). The number of aromatic nitrogens is 4. The van der Waals surface area contributed by atoms with E-state index in [-0.39, 0.29) is 5.91 Å². The van der Waals surface area contributed by atoms with Crippen LogP contribution in [0.5, 0.6) is 0 Å². The number of rotatable bonds is 4. The number of fused-ring (bicyclic) bond motifs is 1. The van der Waals surface area contributed by atoms with Gasteiger partial charge in [-0.25, -0.2) is 0 Å². The molecule has 2 aromatic carbocycles. The van der Waals surface area contributed by atoms with Crippen molar-refractivity contribution in [3.8, 4) is 0 Å². The van der Waals surface area contributed by atoms with E-state index in [0.717, 1.165) is 22.0 Å². The second-order valence-corrected chi connectivity index (χ2v) is 7.08. The van der Waals surface area contributed by atoms with Crippen molar-refractivity contribution in [1.82, 2.24) is 25.1 Å². The highest BCUT2D eigenvalue weighted by molar-refractivity contribution is 6.30. The van der Waals surface area contributed by atoms with Crippen molar-refractivity contribution in [3.05, 3.63) is 88.6 Å². The summed E-state index contributed by atoms with van der Waals surface area (Å²) >= 11 is 6.05. The van der Waals surface area contributed by atoms with Gasteiger partial charge in [0.15, 0.2) is 0 Å². The van der Waals surface area contributed by atoms with E-state index in [1.165, 1.54) is 0 Å². The summed E-state index contributed by atoms with van der Waals surface area (Å²) in [5, 5.41) is 8.55. The van der Waals surface area contributed by atoms with Crippen molar-refractivity contribution in [2.75, 3.05) is 7.05 Å². The molecule has 4 aromatic rings. The average molecular weight is 392 g/mol. The Morgan fingerprint density at radius 3 is 2.64 bits per heavy atom. The number of amides is 1. The van der Waals surface area contributed by atoms with Crippen LogP contribution < -0.4 is 0 Å². The standard InChI is InChI=1S/C21H18ClN5O/c1-13-9-15-11-25-26-19(15)17(10-13)21(28)27(2)20(18-12-23-7-8-24-18)14-3-5-16(22)6-4-14/h3-12,20H,1-2H3,(H,25,26). The number of benzene rings is 2.